The Morgan fingerprint density at radius 3 is 0.266 bits per heavy atom. The number of hydrogen-bond acceptors (Lipinski definition) is 0. The van der Waals surface area contributed by atoms with Gasteiger partial charge < -0.3 is 0 Å². The summed E-state index contributed by atoms with van der Waals surface area (Å²) in [5.41, 5.74) is 0. The molecule has 128 heteroatoms. The smallest absolute Gasteiger partial charge is 0 e. The predicted molar refractivity (Wildman–Crippen MR) is 737 cm³/mol. The van der Waals surface area contributed by atoms with Crippen LogP contribution in [-0.2, 0) is 0 Å². The molecular weight excluding hydrogens is 1380 g/mol. The minimum Gasteiger partial charge on any atom is 0 e. The first-order valence-electron chi connectivity index (χ1n) is 42.3. The van der Waals surface area contributed by atoms with Crippen LogP contribution in [0.25, 0.3) is 0 Å². The highest BCUT2D eigenvalue weighted by Crippen LogP contribution is 2.31. The Labute approximate surface area is 895 Å². The van der Waals surface area contributed by atoms with Gasteiger partial charge in [-0.25, -0.2) is 0 Å². The molecule has 0 aromatic heterocycles. The molecule has 0 amide bonds. The lowest BCUT2D eigenvalue weighted by atomic mass is 8.19. The topological polar surface area (TPSA) is 0 Å². The molecule has 0 rings (SSSR count). The second-order valence-corrected chi connectivity index (χ2v) is 32.1. The minimum absolute atomic E-state index is 1.18. The van der Waals surface area contributed by atoms with E-state index < -0.39 is 262 Å². The quantitative estimate of drug-likeness (QED) is 0.0533. The number of hydrogen-bond donors (Lipinski definition) is 0. The van der Waals surface area contributed by atoms with Gasteiger partial charge in [-0.15, -0.1) is 0 Å². The number of rotatable bonds is 84. The first kappa shape index (κ1) is 136. The molecule has 0 aliphatic rings. The average molecular weight is 1380 g/mol. The van der Waals surface area contributed by atoms with Gasteiger partial charge in [0, 0.05) is 905 Å². The third-order valence-electron chi connectivity index (χ3n) is 27.4. The van der Waals surface area contributed by atoms with Gasteiger partial charge in [-0.3, -0.25) is 0 Å². The van der Waals surface area contributed by atoms with Gasteiger partial charge in [0.05, 0.1) is 0 Å². The van der Waals surface area contributed by atoms with Crippen molar-refractivity contribution in [3.8, 4) is 0 Å². The van der Waals surface area contributed by atoms with E-state index in [1.165, 1.54) is 304 Å². The third-order valence-corrected chi connectivity index (χ3v) is 27.4. The first-order valence-corrected chi connectivity index (χ1v) is 42.3. The van der Waals surface area contributed by atoms with Crippen LogP contribution in [0.5, 0.6) is 0 Å². The summed E-state index contributed by atoms with van der Waals surface area (Å²) >= 11 is 0. The summed E-state index contributed by atoms with van der Waals surface area (Å²) in [6, 6.07) is 0. The lowest BCUT2D eigenvalue weighted by molar-refractivity contribution is 3.13. The largest absolute Gasteiger partial charge is 0 e. The lowest BCUT2D eigenvalue weighted by Gasteiger charge is -2.63. The Kier molecular flexibility index (Phi) is 84.6. The van der Waals surface area contributed by atoms with E-state index >= 15 is 0 Å². The van der Waals surface area contributed by atoms with Crippen LogP contribution in [0.2, 0.25) is 0 Å². The van der Waals surface area contributed by atoms with Crippen molar-refractivity contribution in [3.63, 3.8) is 0 Å². The van der Waals surface area contributed by atoms with Crippen molar-refractivity contribution in [3.05, 3.63) is 0 Å². The molecule has 0 nitrogen and oxygen atoms in total. The Hall–Kier alpha value is 8.31. The molecule has 0 unspecified atom stereocenters. The molecule has 0 bridgehead atoms. The molecular formula is B128. The molecule has 0 spiro atoms. The molecule has 384 valence electrons. The Morgan fingerprint density at radius 2 is 0.172 bits per heavy atom. The van der Waals surface area contributed by atoms with E-state index in [0.717, 1.165) is 0 Å². The van der Waals surface area contributed by atoms with Crippen LogP contribution >= 0.6 is 0 Å². The van der Waals surface area contributed by atoms with Crippen molar-refractivity contribution >= 4 is 905 Å². The zero-order chi connectivity index (χ0) is 97.8. The zero-order valence-corrected chi connectivity index (χ0v) is 73.9. The highest BCUT2D eigenvalue weighted by atomic mass is 13.5. The van der Waals surface area contributed by atoms with E-state index in [4.69, 9.17) is 333 Å². The Morgan fingerprint density at radius 1 is 0.0781 bits per heavy atom. The molecule has 0 N–H and O–H groups in total. The van der Waals surface area contributed by atoms with Crippen LogP contribution in [0, 0.1) is 0 Å². The molecule has 0 aliphatic carbocycles. The molecule has 0 heterocycles. The maximum absolute atomic E-state index is 7.89. The van der Waals surface area contributed by atoms with Crippen LogP contribution in [0.4, 0.5) is 0 Å². The first-order chi connectivity index (χ1) is 61.8. The minimum atomic E-state index is -1.89. The standard InChI is InChI=1S/B128/c1-44-87-102(73-30)116(101(71-28)72-29)121(111(82-39)96(61-18)62-19)126(122(112(83-40)97(63-20)64-21)117(103(74-31)88(45-2)46-3)104(75-32)89(47-4)48-5)128(125(115(86-43)100(69-26)70-27)120(109(80-37)94(57-14)58-15)110(81-38)95(59-16)60-17)127(123(113(84-41)98(65-22)66-23)118(105(76-33)90(49-6)50-7)106(77-34)91(51-8)52-9)124(114(85-42)99(67-24)68-25)119(107(78-35)92(53-10)54-11)108(79-36)93(55-12)56-13. The van der Waals surface area contributed by atoms with E-state index in [0.29, 0.717) is 0 Å². The summed E-state index contributed by atoms with van der Waals surface area (Å²) in [6.45, 7) is 0. The van der Waals surface area contributed by atoms with Crippen LogP contribution in [-0.4, -0.2) is 905 Å². The fraction of sp³-hybridized carbons (Fsp3) is 0. The average Bonchev–Trinajstić information content (AvgIpc) is 0.707. The van der Waals surface area contributed by atoms with Crippen LogP contribution in [0.3, 0.4) is 0 Å². The molecule has 0 aliphatic heterocycles. The van der Waals surface area contributed by atoms with Gasteiger partial charge >= 0.3 is 0 Å². The van der Waals surface area contributed by atoms with E-state index in [1.807, 2.05) is 0 Å². The summed E-state index contributed by atoms with van der Waals surface area (Å²) < 4.78 is 0. The van der Waals surface area contributed by atoms with Crippen LogP contribution in [0.1, 0.15) is 0 Å². The van der Waals surface area contributed by atoms with Crippen molar-refractivity contribution in [1.29, 1.82) is 0 Å². The van der Waals surface area contributed by atoms with E-state index in [9.17, 15) is 0 Å². The van der Waals surface area contributed by atoms with E-state index in [1.54, 1.807) is 7.06 Å². The van der Waals surface area contributed by atoms with Crippen molar-refractivity contribution in [2.75, 3.05) is 0 Å². The van der Waals surface area contributed by atoms with Crippen LogP contribution in [0.15, 0.2) is 0 Å². The van der Waals surface area contributed by atoms with Crippen LogP contribution < -0.4 is 0 Å². The molecule has 130 radical (unpaired) electrons. The highest BCUT2D eigenvalue weighted by Gasteiger charge is 2.69. The van der Waals surface area contributed by atoms with E-state index in [2.05, 4.69) is 0 Å². The van der Waals surface area contributed by atoms with Gasteiger partial charge in [0.25, 0.3) is 0 Å². The molecule has 0 aromatic carbocycles. The lowest BCUT2D eigenvalue weighted by Crippen LogP contribution is -3.01. The van der Waals surface area contributed by atoms with Crippen molar-refractivity contribution in [1.82, 2.24) is 0 Å². The fourth-order valence-electron chi connectivity index (χ4n) is 21.6. The monoisotopic (exact) mass is 1410 g/mol. The summed E-state index contributed by atoms with van der Waals surface area (Å²) in [5, 5.41) is 0. The van der Waals surface area contributed by atoms with Gasteiger partial charge in [-0.2, -0.15) is 0 Å². The highest BCUT2D eigenvalue weighted by molar-refractivity contribution is 8.44. The molecule has 0 saturated heterocycles. The molecule has 0 atom stereocenters. The summed E-state index contributed by atoms with van der Waals surface area (Å²) in [5.74, 6) is 0. The summed E-state index contributed by atoms with van der Waals surface area (Å²) in [6.07, 6.45) is -57.9. The van der Waals surface area contributed by atoms with Gasteiger partial charge in [0.1, 0.15) is 0 Å². The summed E-state index contributed by atoms with van der Waals surface area (Å²) in [7, 11) is 373. The van der Waals surface area contributed by atoms with Crippen molar-refractivity contribution in [2.45, 2.75) is 0 Å². The third kappa shape index (κ3) is 36.6. The molecule has 0 saturated carbocycles. The van der Waals surface area contributed by atoms with E-state index in [-0.39, 0.29) is 0 Å². The molecule has 128 heavy (non-hydrogen) atoms. The predicted octanol–water partition coefficient (Wildman–Crippen LogP) is -48.7. The van der Waals surface area contributed by atoms with Gasteiger partial charge in [-0.05, 0) is 0 Å². The molecule has 0 fully saturated rings. The van der Waals surface area contributed by atoms with Gasteiger partial charge in [0.15, 0.2) is 0 Å². The normalized spacial score (nSPS) is 9.19. The van der Waals surface area contributed by atoms with Crippen molar-refractivity contribution in [2.24, 2.45) is 0 Å². The molecule has 0 aromatic rings. The van der Waals surface area contributed by atoms with Crippen molar-refractivity contribution < 1.29 is 0 Å². The SMILES string of the molecule is [B][B][B]B([B][B])B(B([B][B])[B][B])B(B([B][B])B([B][B])[B][B])B(B(B([B][B])B([B][B])[B][B])B(B([B][B])B([B][B])[B][B])B([B][B])B([B][B])[B][B])B(B(B([B][B])B([B][B])[B][B])B(B([B][B])B([B][B])[B][B])B([B][B])B([B][B])[B][B])B(B(B([B][B])B([B][B])[B][B])B(B([B][B])B([B][B])[B][B])B([B][B])B([B][B])[B][B])B(B([B][B])B([B][B])[B][B])B(B([B][B])B([B][B])[B][B])B([B][B])B([B][B])[B][B]. The Balaban J connectivity index is 16.5. The second-order valence-electron chi connectivity index (χ2n) is 32.1. The second kappa shape index (κ2) is 79.4. The maximum atomic E-state index is 7.89. The summed E-state index contributed by atoms with van der Waals surface area (Å²) in [4.78, 5) is 0. The Bertz CT molecular complexity index is 2260. The maximum Gasteiger partial charge on any atom is 0 e. The zero-order valence-electron chi connectivity index (χ0n) is 73.9. The van der Waals surface area contributed by atoms with Gasteiger partial charge in [0.2, 0.25) is 0 Å². The van der Waals surface area contributed by atoms with Gasteiger partial charge in [-0.1, -0.05) is 0 Å². The fourth-order valence-corrected chi connectivity index (χ4v) is 21.6.